The van der Waals surface area contributed by atoms with E-state index in [4.69, 9.17) is 37.0 Å². The maximum Gasteiger partial charge on any atom is 0.472 e. The number of carbonyl (C=O) groups is 4. The molecule has 0 aromatic heterocycles. The molecule has 0 aromatic carbocycles. The number of esters is 4. The van der Waals surface area contributed by atoms with E-state index in [1.165, 1.54) is 12.8 Å². The minimum Gasteiger partial charge on any atom is -0.462 e. The molecular formula is C87H140O17P2. The summed E-state index contributed by atoms with van der Waals surface area (Å²) in [5.41, 5.74) is 0. The van der Waals surface area contributed by atoms with E-state index in [2.05, 4.69) is 192 Å². The molecule has 0 aliphatic heterocycles. The van der Waals surface area contributed by atoms with Gasteiger partial charge in [0.25, 0.3) is 0 Å². The summed E-state index contributed by atoms with van der Waals surface area (Å²) >= 11 is 0. The molecule has 0 rings (SSSR count). The van der Waals surface area contributed by atoms with Crippen molar-refractivity contribution in [2.24, 2.45) is 0 Å². The van der Waals surface area contributed by atoms with E-state index in [0.29, 0.717) is 32.1 Å². The molecule has 0 radical (unpaired) electrons. The van der Waals surface area contributed by atoms with Gasteiger partial charge in [0.1, 0.15) is 19.3 Å². The van der Waals surface area contributed by atoms with Gasteiger partial charge >= 0.3 is 39.5 Å². The minimum atomic E-state index is -5.01. The molecule has 0 aliphatic rings. The molecule has 0 amide bonds. The zero-order valence-corrected chi connectivity index (χ0v) is 67.3. The van der Waals surface area contributed by atoms with Gasteiger partial charge in [-0.1, -0.05) is 281 Å². The molecular weight excluding hydrogens is 1380 g/mol. The Bertz CT molecular complexity index is 2730. The van der Waals surface area contributed by atoms with Crippen LogP contribution in [0.25, 0.3) is 0 Å². The zero-order valence-electron chi connectivity index (χ0n) is 65.5. The number of aliphatic hydroxyl groups is 1. The lowest BCUT2D eigenvalue weighted by atomic mass is 10.1. The average Bonchev–Trinajstić information content (AvgIpc) is 0.901. The van der Waals surface area contributed by atoms with E-state index in [1.54, 1.807) is 0 Å². The summed E-state index contributed by atoms with van der Waals surface area (Å²) in [6, 6.07) is 0. The summed E-state index contributed by atoms with van der Waals surface area (Å²) in [7, 11) is -10.0. The van der Waals surface area contributed by atoms with Gasteiger partial charge in [-0.2, -0.15) is 0 Å². The number of phosphoric acid groups is 2. The van der Waals surface area contributed by atoms with Crippen LogP contribution in [-0.2, 0) is 65.4 Å². The predicted octanol–water partition coefficient (Wildman–Crippen LogP) is 23.6. The molecule has 106 heavy (non-hydrogen) atoms. The number of aliphatic hydroxyl groups excluding tert-OH is 1. The van der Waals surface area contributed by atoms with Crippen molar-refractivity contribution in [1.29, 1.82) is 0 Å². The van der Waals surface area contributed by atoms with Crippen molar-refractivity contribution >= 4 is 39.5 Å². The fraction of sp³-hybridized carbons (Fsp3) is 0.609. The first kappa shape index (κ1) is 100. The minimum absolute atomic E-state index is 0.0255. The normalized spacial score (nSPS) is 14.8. The number of unbranched alkanes of at least 4 members (excludes halogenated alkanes) is 17. The van der Waals surface area contributed by atoms with Crippen molar-refractivity contribution in [3.05, 3.63) is 182 Å². The van der Waals surface area contributed by atoms with Crippen molar-refractivity contribution < 1.29 is 80.2 Å². The Labute approximate surface area is 641 Å². The Kier molecular flexibility index (Phi) is 73.1. The van der Waals surface area contributed by atoms with E-state index in [-0.39, 0.29) is 25.7 Å². The average molecular weight is 1520 g/mol. The number of hydrogen-bond acceptors (Lipinski definition) is 15. The van der Waals surface area contributed by atoms with E-state index < -0.39 is 97.5 Å². The Hall–Kier alpha value is -5.84. The van der Waals surface area contributed by atoms with Crippen molar-refractivity contribution in [2.45, 2.75) is 303 Å². The fourth-order valence-corrected chi connectivity index (χ4v) is 11.4. The second-order valence-electron chi connectivity index (χ2n) is 25.9. The number of phosphoric ester groups is 2. The van der Waals surface area contributed by atoms with E-state index in [9.17, 15) is 43.2 Å². The lowest BCUT2D eigenvalue weighted by molar-refractivity contribution is -0.161. The highest BCUT2D eigenvalue weighted by Gasteiger charge is 2.30. The summed E-state index contributed by atoms with van der Waals surface area (Å²) in [6.45, 7) is 4.33. The first-order valence-corrected chi connectivity index (χ1v) is 43.0. The topological polar surface area (TPSA) is 237 Å². The van der Waals surface area contributed by atoms with Gasteiger partial charge in [0.05, 0.1) is 26.4 Å². The number of carbonyl (C=O) groups excluding carboxylic acids is 4. The van der Waals surface area contributed by atoms with Crippen LogP contribution < -0.4 is 0 Å². The molecule has 17 nitrogen and oxygen atoms in total. The maximum absolute atomic E-state index is 13.1. The van der Waals surface area contributed by atoms with Crippen molar-refractivity contribution in [1.82, 2.24) is 0 Å². The summed E-state index contributed by atoms with van der Waals surface area (Å²) in [4.78, 5) is 73.0. The highest BCUT2D eigenvalue weighted by Crippen LogP contribution is 2.45. The highest BCUT2D eigenvalue weighted by molar-refractivity contribution is 7.47. The molecule has 0 heterocycles. The molecule has 0 saturated heterocycles. The molecule has 5 unspecified atom stereocenters. The predicted molar refractivity (Wildman–Crippen MR) is 436 cm³/mol. The summed E-state index contributed by atoms with van der Waals surface area (Å²) in [5, 5.41) is 10.6. The standard InChI is InChI=1S/C87H140O17P2/c1-5-9-13-17-21-25-29-32-35-38-40-43-46-49-53-56-60-64-68-72-85(90)98-78-83(104-87(92)74-70-66-62-58-54-50-47-44-41-39-36-33-30-26-22-18-14-10-6-2)80-102-106(95,96)100-76-81(88)75-99-105(93,94)101-79-82(103-86(91)73-69-65-61-57-51-28-24-20-16-12-8-4)77-97-84(89)71-67-63-59-55-52-48-45-42-37-34-31-27-23-19-15-11-7-3/h9-11,13-15,20-27,32-37,40-41,43-45,48-49,53,60,64,81-83,88H,5-8,12,16-19,28-31,38-39,42,46-47,50-52,54-59,61-63,65-80H2,1-4H3,(H,93,94)(H,95,96)/b13-9-,14-10-,15-11-,24-20-,25-21-,26-22-,27-23-,35-32-,36-33-,37-34-,43-40-,44-41-,48-45-,53-49-,64-60-. The van der Waals surface area contributed by atoms with Gasteiger partial charge in [0, 0.05) is 25.7 Å². The van der Waals surface area contributed by atoms with Gasteiger partial charge in [-0.15, -0.1) is 0 Å². The number of allylic oxidation sites excluding steroid dienone is 30. The summed E-state index contributed by atoms with van der Waals surface area (Å²) in [5.74, 6) is -2.34. The van der Waals surface area contributed by atoms with Crippen LogP contribution in [0.15, 0.2) is 182 Å². The largest absolute Gasteiger partial charge is 0.472 e. The van der Waals surface area contributed by atoms with Gasteiger partial charge in [0.2, 0.25) is 0 Å². The molecule has 600 valence electrons. The number of hydrogen-bond donors (Lipinski definition) is 3. The molecule has 19 heteroatoms. The Morgan fingerprint density at radius 1 is 0.274 bits per heavy atom. The SMILES string of the molecule is CC/C=C\C/C=C\C/C=C\C/C=C\C/C=C\C/C=C\CCC(=O)OCC(COP(=O)(O)OCC(O)COP(=O)(O)OCC(COC(=O)CCCCCC/C=C\C/C=C\C/C=C\C/C=C\CC)OC(=O)CCCCCCC/C=C\CCCC)OC(=O)CCCCCCCC/C=C\C/C=C\C/C=C\C/C=C\CC. The van der Waals surface area contributed by atoms with Gasteiger partial charge in [-0.25, -0.2) is 9.13 Å². The highest BCUT2D eigenvalue weighted by atomic mass is 31.2. The van der Waals surface area contributed by atoms with Gasteiger partial charge in [0.15, 0.2) is 12.2 Å². The molecule has 0 spiro atoms. The van der Waals surface area contributed by atoms with Crippen LogP contribution in [0, 0.1) is 0 Å². The zero-order chi connectivity index (χ0) is 77.4. The first-order chi connectivity index (χ1) is 51.7. The van der Waals surface area contributed by atoms with Crippen LogP contribution in [0.3, 0.4) is 0 Å². The van der Waals surface area contributed by atoms with Crippen molar-refractivity contribution in [2.75, 3.05) is 39.6 Å². The van der Waals surface area contributed by atoms with Crippen LogP contribution in [0.5, 0.6) is 0 Å². The second-order valence-corrected chi connectivity index (χ2v) is 28.8. The van der Waals surface area contributed by atoms with E-state index >= 15 is 0 Å². The molecule has 0 aliphatic carbocycles. The Morgan fingerprint density at radius 3 is 0.821 bits per heavy atom. The molecule has 0 bridgehead atoms. The van der Waals surface area contributed by atoms with Crippen molar-refractivity contribution in [3.8, 4) is 0 Å². The monoisotopic (exact) mass is 1520 g/mol. The summed E-state index contributed by atoms with van der Waals surface area (Å²) < 4.78 is 68.5. The lowest BCUT2D eigenvalue weighted by Gasteiger charge is -2.21. The smallest absolute Gasteiger partial charge is 0.462 e. The van der Waals surface area contributed by atoms with Gasteiger partial charge < -0.3 is 33.8 Å². The Balaban J connectivity index is 5.46. The first-order valence-electron chi connectivity index (χ1n) is 40.0. The number of ether oxygens (including phenoxy) is 4. The third kappa shape index (κ3) is 76.4. The lowest BCUT2D eigenvalue weighted by Crippen LogP contribution is -2.30. The van der Waals surface area contributed by atoms with Gasteiger partial charge in [-0.05, 0) is 161 Å². The summed E-state index contributed by atoms with van der Waals surface area (Å²) in [6.07, 6.45) is 93.2. The molecule has 0 fully saturated rings. The maximum atomic E-state index is 13.1. The third-order valence-corrected chi connectivity index (χ3v) is 17.8. The second kappa shape index (κ2) is 77.3. The molecule has 5 atom stereocenters. The van der Waals surface area contributed by atoms with Crippen LogP contribution in [0.4, 0.5) is 0 Å². The van der Waals surface area contributed by atoms with Crippen LogP contribution in [-0.4, -0.2) is 96.7 Å². The molecule has 0 saturated carbocycles. The third-order valence-electron chi connectivity index (χ3n) is 15.9. The van der Waals surface area contributed by atoms with E-state index in [0.717, 1.165) is 186 Å². The van der Waals surface area contributed by atoms with Crippen LogP contribution in [0.1, 0.15) is 285 Å². The Morgan fingerprint density at radius 2 is 0.509 bits per heavy atom. The fourth-order valence-electron chi connectivity index (χ4n) is 9.86. The van der Waals surface area contributed by atoms with Crippen molar-refractivity contribution in [3.63, 3.8) is 0 Å². The van der Waals surface area contributed by atoms with Gasteiger partial charge in [-0.3, -0.25) is 37.3 Å². The number of rotatable bonds is 73. The molecule has 3 N–H and O–H groups in total. The molecule has 0 aromatic rings. The quantitative estimate of drug-likeness (QED) is 0.0169. The van der Waals surface area contributed by atoms with E-state index in [1.807, 2.05) is 18.2 Å². The van der Waals surface area contributed by atoms with Crippen LogP contribution >= 0.6 is 15.6 Å². The van der Waals surface area contributed by atoms with Crippen LogP contribution in [0.2, 0.25) is 0 Å².